The molecule has 0 bridgehead atoms. The van der Waals surface area contributed by atoms with Gasteiger partial charge in [-0.3, -0.25) is 9.69 Å². The number of carbonyl (C=O) groups excluding carboxylic acids is 2. The molecule has 2 atom stereocenters. The number of carbonyl (C=O) groups is 2. The molecule has 2 aliphatic heterocycles. The first-order chi connectivity index (χ1) is 12.5. The second kappa shape index (κ2) is 7.94. The van der Waals surface area contributed by atoms with E-state index in [1.54, 1.807) is 0 Å². The number of anilines is 1. The molecule has 2 heterocycles. The number of rotatable bonds is 4. The molecule has 2 aliphatic rings. The van der Waals surface area contributed by atoms with E-state index < -0.39 is 41.6 Å². The number of urea groups is 1. The molecule has 6 nitrogen and oxygen atoms in total. The first-order valence-corrected chi connectivity index (χ1v) is 8.67. The maximum Gasteiger partial charge on any atom is 0.315 e. The predicted octanol–water partition coefficient (Wildman–Crippen LogP) is 1.97. The number of nitrogens with one attached hydrogen (secondary N) is 3. The molecule has 1 aromatic carbocycles. The summed E-state index contributed by atoms with van der Waals surface area (Å²) >= 11 is 0. The van der Waals surface area contributed by atoms with Gasteiger partial charge in [-0.2, -0.15) is 0 Å². The average Bonchev–Trinajstić information content (AvgIpc) is 3.03. The first kappa shape index (κ1) is 18.5. The number of nitrogens with zero attached hydrogens (tertiary/aromatic N) is 1. The van der Waals surface area contributed by atoms with E-state index in [0.717, 1.165) is 38.4 Å². The summed E-state index contributed by atoms with van der Waals surface area (Å²) in [6.45, 7) is 1.59. The lowest BCUT2D eigenvalue weighted by atomic mass is 9.99. The Morgan fingerprint density at radius 3 is 2.69 bits per heavy atom. The highest BCUT2D eigenvalue weighted by atomic mass is 19.2. The number of amides is 3. The zero-order valence-electron chi connectivity index (χ0n) is 14.2. The fourth-order valence-electron chi connectivity index (χ4n) is 3.61. The van der Waals surface area contributed by atoms with Crippen LogP contribution in [-0.2, 0) is 4.79 Å². The van der Waals surface area contributed by atoms with Crippen molar-refractivity contribution in [2.45, 2.75) is 37.8 Å². The topological polar surface area (TPSA) is 73.5 Å². The van der Waals surface area contributed by atoms with Gasteiger partial charge in [0.05, 0.1) is 12.2 Å². The van der Waals surface area contributed by atoms with Crippen molar-refractivity contribution in [3.63, 3.8) is 0 Å². The molecular weight excluding hydrogens is 349 g/mol. The number of benzene rings is 1. The molecule has 3 rings (SSSR count). The molecule has 2 saturated heterocycles. The fraction of sp³-hybridized carbons (Fsp3) is 0.529. The van der Waals surface area contributed by atoms with Crippen LogP contribution in [0.25, 0.3) is 0 Å². The maximum atomic E-state index is 13.5. The van der Waals surface area contributed by atoms with Gasteiger partial charge in [0.1, 0.15) is 0 Å². The van der Waals surface area contributed by atoms with Crippen molar-refractivity contribution in [3.8, 4) is 0 Å². The van der Waals surface area contributed by atoms with Crippen LogP contribution >= 0.6 is 0 Å². The molecule has 0 spiro atoms. The highest BCUT2D eigenvalue weighted by Gasteiger charge is 2.36. The third kappa shape index (κ3) is 4.09. The number of piperidine rings is 1. The van der Waals surface area contributed by atoms with Crippen LogP contribution in [0, 0.1) is 17.5 Å². The molecule has 9 heteroatoms. The smallest absolute Gasteiger partial charge is 0.315 e. The lowest BCUT2D eigenvalue weighted by Gasteiger charge is -2.32. The zero-order valence-corrected chi connectivity index (χ0v) is 14.2. The van der Waals surface area contributed by atoms with Crippen molar-refractivity contribution in [2.75, 3.05) is 25.0 Å². The highest BCUT2D eigenvalue weighted by Crippen LogP contribution is 2.27. The van der Waals surface area contributed by atoms with Gasteiger partial charge in [0, 0.05) is 18.6 Å². The second-order valence-corrected chi connectivity index (χ2v) is 6.59. The second-order valence-electron chi connectivity index (χ2n) is 6.59. The van der Waals surface area contributed by atoms with E-state index in [9.17, 15) is 22.8 Å². The molecule has 0 aromatic heterocycles. The Morgan fingerprint density at radius 2 is 1.88 bits per heavy atom. The van der Waals surface area contributed by atoms with Gasteiger partial charge >= 0.3 is 6.03 Å². The molecule has 1 aromatic rings. The summed E-state index contributed by atoms with van der Waals surface area (Å²) < 4.78 is 39.5. The molecule has 26 heavy (non-hydrogen) atoms. The quantitative estimate of drug-likeness (QED) is 0.710. The van der Waals surface area contributed by atoms with Gasteiger partial charge in [-0.1, -0.05) is 6.42 Å². The molecule has 142 valence electrons. The molecular formula is C17H21F3N4O2. The lowest BCUT2D eigenvalue weighted by molar-refractivity contribution is -0.115. The van der Waals surface area contributed by atoms with Crippen LogP contribution in [0.15, 0.2) is 12.1 Å². The normalized spacial score (nSPS) is 22.6. The largest absolute Gasteiger partial charge is 0.334 e. The summed E-state index contributed by atoms with van der Waals surface area (Å²) in [5.74, 6) is -5.22. The van der Waals surface area contributed by atoms with Gasteiger partial charge in [-0.15, -0.1) is 0 Å². The van der Waals surface area contributed by atoms with Crippen LogP contribution < -0.4 is 16.0 Å². The number of fused-ring (bicyclic) bond motifs is 1. The van der Waals surface area contributed by atoms with Crippen LogP contribution in [0.4, 0.5) is 23.7 Å². The summed E-state index contributed by atoms with van der Waals surface area (Å²) in [6, 6.07) is 1.52. The van der Waals surface area contributed by atoms with Crippen LogP contribution in [0.3, 0.4) is 0 Å². The molecule has 0 aliphatic carbocycles. The van der Waals surface area contributed by atoms with Crippen molar-refractivity contribution in [1.29, 1.82) is 0 Å². The Kier molecular flexibility index (Phi) is 5.65. The lowest BCUT2D eigenvalue weighted by Crippen LogP contribution is -2.50. The third-order valence-electron chi connectivity index (χ3n) is 4.89. The molecule has 2 fully saturated rings. The Balaban J connectivity index is 1.46. The minimum absolute atomic E-state index is 0.0435. The van der Waals surface area contributed by atoms with E-state index in [1.165, 1.54) is 6.42 Å². The first-order valence-electron chi connectivity index (χ1n) is 8.67. The van der Waals surface area contributed by atoms with Gasteiger partial charge in [-0.05, 0) is 37.9 Å². The minimum atomic E-state index is -1.66. The zero-order chi connectivity index (χ0) is 18.7. The fourth-order valence-corrected chi connectivity index (χ4v) is 3.61. The van der Waals surface area contributed by atoms with Crippen molar-refractivity contribution in [3.05, 3.63) is 29.6 Å². The SMILES string of the molecule is O=C(CNC(=O)NC1CCN2CCCCC12)Nc1ccc(F)c(F)c1F. The van der Waals surface area contributed by atoms with Crippen molar-refractivity contribution in [2.24, 2.45) is 0 Å². The van der Waals surface area contributed by atoms with E-state index in [4.69, 9.17) is 0 Å². The molecule has 3 N–H and O–H groups in total. The number of halogens is 3. The highest BCUT2D eigenvalue weighted by molar-refractivity contribution is 5.94. The molecule has 0 saturated carbocycles. The number of hydrogen-bond acceptors (Lipinski definition) is 3. The van der Waals surface area contributed by atoms with Crippen LogP contribution in [0.2, 0.25) is 0 Å². The molecule has 3 amide bonds. The summed E-state index contributed by atoms with van der Waals surface area (Å²) in [6.07, 6.45) is 4.23. The van der Waals surface area contributed by atoms with Crippen molar-refractivity contribution in [1.82, 2.24) is 15.5 Å². The Labute approximate surface area is 149 Å². The Morgan fingerprint density at radius 1 is 1.08 bits per heavy atom. The van der Waals surface area contributed by atoms with E-state index in [2.05, 4.69) is 20.9 Å². The van der Waals surface area contributed by atoms with Crippen molar-refractivity contribution >= 4 is 17.6 Å². The van der Waals surface area contributed by atoms with Crippen LogP contribution in [0.1, 0.15) is 25.7 Å². The standard InChI is InChI=1S/C17H21F3N4O2/c18-10-4-5-12(16(20)15(10)19)22-14(25)9-21-17(26)23-11-6-8-24-7-2-1-3-13(11)24/h4-5,11,13H,1-3,6-9H2,(H,22,25)(H2,21,23,26). The summed E-state index contributed by atoms with van der Waals surface area (Å²) in [5, 5.41) is 7.37. The third-order valence-corrected chi connectivity index (χ3v) is 4.89. The van der Waals surface area contributed by atoms with E-state index >= 15 is 0 Å². The van der Waals surface area contributed by atoms with Crippen LogP contribution in [0.5, 0.6) is 0 Å². The maximum absolute atomic E-state index is 13.5. The minimum Gasteiger partial charge on any atom is -0.334 e. The summed E-state index contributed by atoms with van der Waals surface area (Å²) in [7, 11) is 0. The average molecular weight is 370 g/mol. The van der Waals surface area contributed by atoms with E-state index in [1.807, 2.05) is 0 Å². The number of hydrogen-bond donors (Lipinski definition) is 3. The van der Waals surface area contributed by atoms with Gasteiger partial charge in [0.25, 0.3) is 0 Å². The van der Waals surface area contributed by atoms with E-state index in [-0.39, 0.29) is 6.04 Å². The van der Waals surface area contributed by atoms with Gasteiger partial charge in [-0.25, -0.2) is 18.0 Å². The van der Waals surface area contributed by atoms with Gasteiger partial charge < -0.3 is 16.0 Å². The monoisotopic (exact) mass is 370 g/mol. The molecule has 2 unspecified atom stereocenters. The summed E-state index contributed by atoms with van der Waals surface area (Å²) in [5.41, 5.74) is -0.482. The van der Waals surface area contributed by atoms with Gasteiger partial charge in [0.2, 0.25) is 5.91 Å². The molecule has 0 radical (unpaired) electrons. The van der Waals surface area contributed by atoms with Gasteiger partial charge in [0.15, 0.2) is 17.5 Å². The predicted molar refractivity (Wildman–Crippen MR) is 89.1 cm³/mol. The Bertz CT molecular complexity index is 701. The Hall–Kier alpha value is -2.29. The van der Waals surface area contributed by atoms with Crippen molar-refractivity contribution < 1.29 is 22.8 Å². The van der Waals surface area contributed by atoms with Crippen LogP contribution in [-0.4, -0.2) is 48.6 Å². The van der Waals surface area contributed by atoms with E-state index in [0.29, 0.717) is 12.1 Å². The summed E-state index contributed by atoms with van der Waals surface area (Å²) in [4.78, 5) is 26.1.